The number of esters is 1. The second-order valence-corrected chi connectivity index (χ2v) is 6.46. The molecule has 1 aliphatic heterocycles. The summed E-state index contributed by atoms with van der Waals surface area (Å²) < 4.78 is 16.0. The fourth-order valence-corrected chi connectivity index (χ4v) is 3.10. The molecule has 0 aromatic carbocycles. The molecule has 1 saturated heterocycles. The number of piperidine rings is 1. The van der Waals surface area contributed by atoms with Crippen LogP contribution in [0.5, 0.6) is 0 Å². The molecule has 0 aliphatic carbocycles. The summed E-state index contributed by atoms with van der Waals surface area (Å²) >= 11 is 0. The molecule has 3 N–H and O–H groups in total. The van der Waals surface area contributed by atoms with Gasteiger partial charge in [-0.05, 0) is 31.7 Å². The molecule has 1 fully saturated rings. The molecule has 0 radical (unpaired) electrons. The summed E-state index contributed by atoms with van der Waals surface area (Å²) in [6, 6.07) is -0.424. The van der Waals surface area contributed by atoms with E-state index in [1.807, 2.05) is 6.92 Å². The highest BCUT2D eigenvalue weighted by Crippen LogP contribution is 2.39. The summed E-state index contributed by atoms with van der Waals surface area (Å²) in [5.41, 5.74) is 0. The molecule has 0 aromatic rings. The zero-order chi connectivity index (χ0) is 13.6. The quantitative estimate of drug-likeness (QED) is 0.379. The number of hydrogen-bond donors (Lipinski definition) is 3. The van der Waals surface area contributed by atoms with E-state index in [9.17, 15) is 9.36 Å². The van der Waals surface area contributed by atoms with Crippen molar-refractivity contribution in [1.82, 2.24) is 5.32 Å². The second kappa shape index (κ2) is 7.24. The van der Waals surface area contributed by atoms with Gasteiger partial charge in [-0.25, -0.2) is 0 Å². The Morgan fingerprint density at radius 1 is 1.50 bits per heavy atom. The molecule has 1 rings (SSSR count). The van der Waals surface area contributed by atoms with Crippen LogP contribution in [-0.2, 0) is 14.1 Å². The summed E-state index contributed by atoms with van der Waals surface area (Å²) in [5.74, 6) is -0.422. The first-order valence-corrected chi connectivity index (χ1v) is 8.16. The molecule has 0 unspecified atom stereocenters. The minimum atomic E-state index is -4.00. The Bertz CT molecular complexity index is 317. The van der Waals surface area contributed by atoms with Crippen molar-refractivity contribution in [2.24, 2.45) is 5.92 Å². The van der Waals surface area contributed by atoms with E-state index in [1.165, 1.54) is 0 Å². The van der Waals surface area contributed by atoms with Gasteiger partial charge in [0.1, 0.15) is 6.04 Å². The molecule has 0 bridgehead atoms. The van der Waals surface area contributed by atoms with Crippen LogP contribution in [0.1, 0.15) is 32.6 Å². The van der Waals surface area contributed by atoms with E-state index in [-0.39, 0.29) is 18.0 Å². The monoisotopic (exact) mass is 279 g/mol. The predicted molar refractivity (Wildman–Crippen MR) is 67.3 cm³/mol. The Balaban J connectivity index is 2.38. The van der Waals surface area contributed by atoms with Crippen LogP contribution in [0.4, 0.5) is 0 Å². The molecule has 6 nitrogen and oxygen atoms in total. The van der Waals surface area contributed by atoms with Gasteiger partial charge in [-0.15, -0.1) is 0 Å². The van der Waals surface area contributed by atoms with E-state index in [0.717, 1.165) is 12.8 Å². The van der Waals surface area contributed by atoms with E-state index in [2.05, 4.69) is 5.32 Å². The van der Waals surface area contributed by atoms with Crippen molar-refractivity contribution in [1.29, 1.82) is 0 Å². The maximum atomic E-state index is 11.7. The average molecular weight is 279 g/mol. The predicted octanol–water partition coefficient (Wildman–Crippen LogP) is 0.876. The van der Waals surface area contributed by atoms with E-state index in [0.29, 0.717) is 26.0 Å². The van der Waals surface area contributed by atoms with Gasteiger partial charge in [-0.1, -0.05) is 13.3 Å². The van der Waals surface area contributed by atoms with Gasteiger partial charge >= 0.3 is 13.6 Å². The van der Waals surface area contributed by atoms with E-state index < -0.39 is 13.6 Å². The van der Waals surface area contributed by atoms with Gasteiger partial charge in [0, 0.05) is 0 Å². The van der Waals surface area contributed by atoms with Gasteiger partial charge in [-0.2, -0.15) is 0 Å². The molecule has 18 heavy (non-hydrogen) atoms. The molecule has 1 heterocycles. The van der Waals surface area contributed by atoms with Crippen LogP contribution in [0.3, 0.4) is 0 Å². The number of carbonyl (C=O) groups excluding carboxylic acids is 1. The molecule has 106 valence electrons. The summed E-state index contributed by atoms with van der Waals surface area (Å²) in [7, 11) is -4.00. The number of hydrogen-bond acceptors (Lipinski definition) is 4. The number of unbranched alkanes of at least 4 members (excludes halogenated alkanes) is 1. The first kappa shape index (κ1) is 15.6. The third-order valence-corrected chi connectivity index (χ3v) is 4.03. The Morgan fingerprint density at radius 3 is 2.83 bits per heavy atom. The highest BCUT2D eigenvalue weighted by Gasteiger charge is 2.31. The van der Waals surface area contributed by atoms with E-state index in [1.54, 1.807) is 0 Å². The molecule has 0 saturated carbocycles. The van der Waals surface area contributed by atoms with Gasteiger partial charge in [0.25, 0.3) is 0 Å². The summed E-state index contributed by atoms with van der Waals surface area (Å²) in [6.07, 6.45) is 2.78. The van der Waals surface area contributed by atoms with E-state index >= 15 is 0 Å². The van der Waals surface area contributed by atoms with Crippen molar-refractivity contribution in [3.63, 3.8) is 0 Å². The summed E-state index contributed by atoms with van der Waals surface area (Å²) in [4.78, 5) is 29.6. The maximum Gasteiger partial charge on any atom is 0.325 e. The van der Waals surface area contributed by atoms with Crippen molar-refractivity contribution in [3.8, 4) is 0 Å². The standard InChI is InChI=1S/C11H22NO5P/c1-2-3-6-17-11(13)10-7-9(4-5-12-10)8-18(14,15)16/h9-10,12H,2-8H2,1H3,(H2,14,15,16)/t9-,10+/m0/s1. The Hall–Kier alpha value is -0.420. The molecular formula is C11H22NO5P. The molecular weight excluding hydrogens is 257 g/mol. The van der Waals surface area contributed by atoms with Gasteiger partial charge in [0.2, 0.25) is 0 Å². The van der Waals surface area contributed by atoms with E-state index in [4.69, 9.17) is 14.5 Å². The Labute approximate surface area is 107 Å². The van der Waals surface area contributed by atoms with Crippen LogP contribution in [0.15, 0.2) is 0 Å². The first-order valence-electron chi connectivity index (χ1n) is 6.37. The first-order chi connectivity index (χ1) is 8.42. The Morgan fingerprint density at radius 2 is 2.22 bits per heavy atom. The lowest BCUT2D eigenvalue weighted by atomic mass is 9.94. The van der Waals surface area contributed by atoms with Gasteiger partial charge in [0.05, 0.1) is 12.8 Å². The molecule has 2 atom stereocenters. The van der Waals surface area contributed by atoms with Crippen LogP contribution < -0.4 is 5.32 Å². The highest BCUT2D eigenvalue weighted by molar-refractivity contribution is 7.51. The van der Waals surface area contributed by atoms with Gasteiger partial charge in [-0.3, -0.25) is 9.36 Å². The molecule has 7 heteroatoms. The zero-order valence-corrected chi connectivity index (χ0v) is 11.6. The number of rotatable bonds is 6. The van der Waals surface area contributed by atoms with Crippen LogP contribution in [-0.4, -0.2) is 41.1 Å². The fourth-order valence-electron chi connectivity index (χ4n) is 2.10. The SMILES string of the molecule is CCCCOC(=O)[C@H]1C[C@@H](CP(=O)(O)O)CCN1. The largest absolute Gasteiger partial charge is 0.465 e. The lowest BCUT2D eigenvalue weighted by molar-refractivity contribution is -0.147. The lowest BCUT2D eigenvalue weighted by Gasteiger charge is -2.29. The van der Waals surface area contributed by atoms with Crippen LogP contribution in [0, 0.1) is 5.92 Å². The van der Waals surface area contributed by atoms with Crippen molar-refractivity contribution in [3.05, 3.63) is 0 Å². The zero-order valence-electron chi connectivity index (χ0n) is 10.7. The fraction of sp³-hybridized carbons (Fsp3) is 0.909. The second-order valence-electron chi connectivity index (χ2n) is 4.77. The van der Waals surface area contributed by atoms with Crippen molar-refractivity contribution in [2.75, 3.05) is 19.3 Å². The maximum absolute atomic E-state index is 11.7. The molecule has 1 aliphatic rings. The normalized spacial score (nSPS) is 24.8. The summed E-state index contributed by atoms with van der Waals surface area (Å²) in [5, 5.41) is 3.03. The molecule has 0 aromatic heterocycles. The minimum absolute atomic E-state index is 0.115. The van der Waals surface area contributed by atoms with Gasteiger partial charge in [0.15, 0.2) is 0 Å². The van der Waals surface area contributed by atoms with Crippen molar-refractivity contribution in [2.45, 2.75) is 38.6 Å². The number of ether oxygens (including phenoxy) is 1. The lowest BCUT2D eigenvalue weighted by Crippen LogP contribution is -2.45. The smallest absolute Gasteiger partial charge is 0.325 e. The minimum Gasteiger partial charge on any atom is -0.465 e. The third kappa shape index (κ3) is 5.96. The number of nitrogens with one attached hydrogen (secondary N) is 1. The average Bonchev–Trinajstić information content (AvgIpc) is 2.27. The molecule has 0 amide bonds. The van der Waals surface area contributed by atoms with Crippen molar-refractivity contribution < 1.29 is 23.9 Å². The molecule has 0 spiro atoms. The van der Waals surface area contributed by atoms with Crippen molar-refractivity contribution >= 4 is 13.6 Å². The van der Waals surface area contributed by atoms with Crippen LogP contribution in [0.2, 0.25) is 0 Å². The highest BCUT2D eigenvalue weighted by atomic mass is 31.2. The van der Waals surface area contributed by atoms with Gasteiger partial charge < -0.3 is 19.8 Å². The third-order valence-electron chi connectivity index (χ3n) is 3.04. The van der Waals surface area contributed by atoms with Crippen LogP contribution >= 0.6 is 7.60 Å². The number of carbonyl (C=O) groups is 1. The van der Waals surface area contributed by atoms with Crippen LogP contribution in [0.25, 0.3) is 0 Å². The Kier molecular flexibility index (Phi) is 6.29. The topological polar surface area (TPSA) is 95.9 Å². The summed E-state index contributed by atoms with van der Waals surface area (Å²) in [6.45, 7) is 3.03.